The third kappa shape index (κ3) is 4.05. The minimum Gasteiger partial charge on any atom is -0.486 e. The van der Waals surface area contributed by atoms with E-state index in [0.717, 1.165) is 17.5 Å². The van der Waals surface area contributed by atoms with Crippen molar-refractivity contribution in [1.29, 1.82) is 0 Å². The molecule has 136 valence electrons. The summed E-state index contributed by atoms with van der Waals surface area (Å²) in [6, 6.07) is 0.00673. The monoisotopic (exact) mass is 387 g/mol. The van der Waals surface area contributed by atoms with Gasteiger partial charge in [-0.25, -0.2) is 32.1 Å². The predicted molar refractivity (Wildman–Crippen MR) is 92.6 cm³/mol. The molecular weight excluding hydrogens is 369 g/mol. The summed E-state index contributed by atoms with van der Waals surface area (Å²) in [5.74, 6) is -0.328. The first kappa shape index (κ1) is 18.0. The summed E-state index contributed by atoms with van der Waals surface area (Å²) >= 11 is 0.952. The molecule has 1 aliphatic rings. The van der Waals surface area contributed by atoms with Crippen LogP contribution in [0.2, 0.25) is 0 Å². The van der Waals surface area contributed by atoms with Gasteiger partial charge in [-0.05, 0) is 19.8 Å². The van der Waals surface area contributed by atoms with E-state index < -0.39 is 15.8 Å². The van der Waals surface area contributed by atoms with Gasteiger partial charge in [0, 0.05) is 19.1 Å². The zero-order valence-electron chi connectivity index (χ0n) is 13.7. The second kappa shape index (κ2) is 6.81. The number of nitrogens with zero attached hydrogens (tertiary/aromatic N) is 4. The highest BCUT2D eigenvalue weighted by Gasteiger charge is 2.25. The van der Waals surface area contributed by atoms with Gasteiger partial charge in [0.1, 0.15) is 5.69 Å². The van der Waals surface area contributed by atoms with E-state index in [-0.39, 0.29) is 22.9 Å². The molecule has 1 saturated heterocycles. The normalized spacial score (nSPS) is 16.9. The largest absolute Gasteiger partial charge is 0.486 e. The number of sulfonamides is 1. The minimum atomic E-state index is -3.18. The van der Waals surface area contributed by atoms with E-state index in [4.69, 9.17) is 0 Å². The summed E-state index contributed by atoms with van der Waals surface area (Å²) in [6.07, 6.45) is 3.50. The van der Waals surface area contributed by atoms with Crippen molar-refractivity contribution in [2.75, 3.05) is 24.7 Å². The number of rotatable bonds is 4. The number of anilines is 1. The number of piperidine rings is 1. The molecule has 0 amide bonds. The fourth-order valence-electron chi connectivity index (χ4n) is 2.71. The molecule has 0 unspecified atom stereocenters. The maximum atomic E-state index is 14.1. The Bertz CT molecular complexity index is 879. The van der Waals surface area contributed by atoms with Crippen LogP contribution in [-0.2, 0) is 10.0 Å². The first-order valence-corrected chi connectivity index (χ1v) is 10.3. The van der Waals surface area contributed by atoms with Crippen molar-refractivity contribution in [1.82, 2.24) is 19.3 Å². The summed E-state index contributed by atoms with van der Waals surface area (Å²) in [5, 5.41) is 12.5. The summed E-state index contributed by atoms with van der Waals surface area (Å²) in [5.41, 5.74) is 0.578. The van der Waals surface area contributed by atoms with Crippen LogP contribution in [0, 0.1) is 12.7 Å². The fraction of sp³-hybridized carbons (Fsp3) is 0.500. The molecule has 0 radical (unpaired) electrons. The SMILES string of the molecule is Cc1nc(O)sc1-c1nc(NC2CCN(S(C)(=O)=O)CC2)ncc1F. The van der Waals surface area contributed by atoms with Crippen LogP contribution in [0.5, 0.6) is 5.19 Å². The molecule has 0 atom stereocenters. The second-order valence-electron chi connectivity index (χ2n) is 5.88. The van der Waals surface area contributed by atoms with Gasteiger partial charge in [-0.15, -0.1) is 0 Å². The maximum absolute atomic E-state index is 14.1. The highest BCUT2D eigenvalue weighted by Crippen LogP contribution is 2.33. The van der Waals surface area contributed by atoms with E-state index in [0.29, 0.717) is 36.5 Å². The molecule has 3 rings (SSSR count). The minimum absolute atomic E-state index is 0.00673. The number of hydrogen-bond donors (Lipinski definition) is 2. The lowest BCUT2D eigenvalue weighted by atomic mass is 10.1. The Morgan fingerprint density at radius 1 is 1.36 bits per heavy atom. The average molecular weight is 387 g/mol. The lowest BCUT2D eigenvalue weighted by molar-refractivity contribution is 0.331. The zero-order valence-corrected chi connectivity index (χ0v) is 15.4. The van der Waals surface area contributed by atoms with Crippen LogP contribution in [0.15, 0.2) is 6.20 Å². The van der Waals surface area contributed by atoms with Crippen LogP contribution >= 0.6 is 11.3 Å². The molecule has 0 saturated carbocycles. The molecule has 2 N–H and O–H groups in total. The zero-order chi connectivity index (χ0) is 18.2. The molecule has 1 fully saturated rings. The van der Waals surface area contributed by atoms with Crippen molar-refractivity contribution in [3.63, 3.8) is 0 Å². The number of hydrogen-bond acceptors (Lipinski definition) is 8. The summed E-state index contributed by atoms with van der Waals surface area (Å²) in [6.45, 7) is 2.51. The van der Waals surface area contributed by atoms with Crippen LogP contribution in [0.4, 0.5) is 10.3 Å². The molecule has 8 nitrogen and oxygen atoms in total. The molecule has 25 heavy (non-hydrogen) atoms. The van der Waals surface area contributed by atoms with Gasteiger partial charge in [-0.2, -0.15) is 0 Å². The summed E-state index contributed by atoms with van der Waals surface area (Å²) in [4.78, 5) is 12.5. The van der Waals surface area contributed by atoms with E-state index in [1.165, 1.54) is 10.6 Å². The van der Waals surface area contributed by atoms with Crippen LogP contribution in [-0.4, -0.2) is 58.2 Å². The van der Waals surface area contributed by atoms with Gasteiger partial charge in [0.2, 0.25) is 16.0 Å². The van der Waals surface area contributed by atoms with Gasteiger partial charge in [0.15, 0.2) is 5.82 Å². The molecule has 2 aromatic heterocycles. The maximum Gasteiger partial charge on any atom is 0.271 e. The summed E-state index contributed by atoms with van der Waals surface area (Å²) in [7, 11) is -3.18. The van der Waals surface area contributed by atoms with Crippen molar-refractivity contribution < 1.29 is 17.9 Å². The Balaban J connectivity index is 1.75. The van der Waals surface area contributed by atoms with Crippen molar-refractivity contribution in [2.45, 2.75) is 25.8 Å². The van der Waals surface area contributed by atoms with Crippen LogP contribution in [0.1, 0.15) is 18.5 Å². The molecular formula is C14H18FN5O3S2. The number of nitrogens with one attached hydrogen (secondary N) is 1. The third-order valence-corrected chi connectivity index (χ3v) is 6.27. The van der Waals surface area contributed by atoms with Crippen LogP contribution in [0.3, 0.4) is 0 Å². The summed E-state index contributed by atoms with van der Waals surface area (Å²) < 4.78 is 38.6. The van der Waals surface area contributed by atoms with Crippen molar-refractivity contribution in [2.24, 2.45) is 0 Å². The Labute approximate surface area is 148 Å². The smallest absolute Gasteiger partial charge is 0.271 e. The third-order valence-electron chi connectivity index (χ3n) is 4.00. The number of aryl methyl sites for hydroxylation is 1. The second-order valence-corrected chi connectivity index (χ2v) is 8.84. The van der Waals surface area contributed by atoms with Gasteiger partial charge in [0.05, 0.1) is 23.0 Å². The Morgan fingerprint density at radius 2 is 2.04 bits per heavy atom. The van der Waals surface area contributed by atoms with Gasteiger partial charge >= 0.3 is 0 Å². The standard InChI is InChI=1S/C14H18FN5O3S2/c1-8-12(24-14(21)17-8)11-10(15)7-16-13(19-11)18-9-3-5-20(6-4-9)25(2,22)23/h7,9H,3-6H2,1-2H3,(H,17,21)(H,16,18,19). The van der Waals surface area contributed by atoms with Gasteiger partial charge < -0.3 is 10.4 Å². The van der Waals surface area contributed by atoms with Crippen molar-refractivity contribution in [3.05, 3.63) is 17.7 Å². The Morgan fingerprint density at radius 3 is 2.60 bits per heavy atom. The van der Waals surface area contributed by atoms with E-state index in [1.54, 1.807) is 6.92 Å². The highest BCUT2D eigenvalue weighted by molar-refractivity contribution is 7.88. The van der Waals surface area contributed by atoms with E-state index >= 15 is 0 Å². The molecule has 3 heterocycles. The Hall–Kier alpha value is -1.85. The van der Waals surface area contributed by atoms with Gasteiger partial charge in [-0.3, -0.25) is 0 Å². The molecule has 0 aromatic carbocycles. The van der Waals surface area contributed by atoms with Gasteiger partial charge in [0.25, 0.3) is 5.19 Å². The lowest BCUT2D eigenvalue weighted by Gasteiger charge is -2.30. The van der Waals surface area contributed by atoms with Gasteiger partial charge in [-0.1, -0.05) is 11.3 Å². The topological polar surface area (TPSA) is 108 Å². The molecule has 1 aliphatic heterocycles. The number of halogens is 1. The quantitative estimate of drug-likeness (QED) is 0.820. The molecule has 11 heteroatoms. The predicted octanol–water partition coefficient (Wildman–Crippen LogP) is 1.59. The average Bonchev–Trinajstić information content (AvgIpc) is 2.87. The first-order chi connectivity index (χ1) is 11.7. The number of thiazole rings is 1. The fourth-order valence-corrected chi connectivity index (χ4v) is 4.38. The molecule has 0 aliphatic carbocycles. The Kier molecular flexibility index (Phi) is 4.89. The van der Waals surface area contributed by atoms with E-state index in [1.807, 2.05) is 0 Å². The first-order valence-electron chi connectivity index (χ1n) is 7.65. The number of aromatic hydroxyl groups is 1. The molecule has 0 spiro atoms. The number of aromatic nitrogens is 3. The van der Waals surface area contributed by atoms with E-state index in [9.17, 15) is 17.9 Å². The lowest BCUT2D eigenvalue weighted by Crippen LogP contribution is -2.42. The van der Waals surface area contributed by atoms with Crippen LogP contribution < -0.4 is 5.32 Å². The van der Waals surface area contributed by atoms with E-state index in [2.05, 4.69) is 20.3 Å². The highest BCUT2D eigenvalue weighted by atomic mass is 32.2. The van der Waals surface area contributed by atoms with Crippen molar-refractivity contribution >= 4 is 27.3 Å². The molecule has 0 bridgehead atoms. The van der Waals surface area contributed by atoms with Crippen LogP contribution in [0.25, 0.3) is 10.6 Å². The van der Waals surface area contributed by atoms with Crippen molar-refractivity contribution in [3.8, 4) is 15.8 Å². The molecule has 2 aromatic rings.